The number of carbonyl (C=O) groups is 2. The van der Waals surface area contributed by atoms with E-state index in [1.807, 2.05) is 43.3 Å². The number of carbonyl (C=O) groups excluding carboxylic acids is 1. The van der Waals surface area contributed by atoms with E-state index in [0.717, 1.165) is 11.1 Å². The molecule has 0 aliphatic carbocycles. The summed E-state index contributed by atoms with van der Waals surface area (Å²) in [6.45, 7) is 2.14. The van der Waals surface area contributed by atoms with Gasteiger partial charge in [0.1, 0.15) is 0 Å². The molecule has 7 heteroatoms. The number of hydrogen-bond acceptors (Lipinski definition) is 3. The predicted octanol–water partition coefficient (Wildman–Crippen LogP) is 5.09. The molecule has 31 heavy (non-hydrogen) atoms. The Morgan fingerprint density at radius 1 is 1.06 bits per heavy atom. The zero-order chi connectivity index (χ0) is 22.0. The molecule has 2 heterocycles. The molecular formula is C24H20ClN3O3. The van der Waals surface area contributed by atoms with Crippen molar-refractivity contribution in [3.05, 3.63) is 106 Å². The van der Waals surface area contributed by atoms with E-state index in [0.29, 0.717) is 16.3 Å². The Labute approximate surface area is 184 Å². The van der Waals surface area contributed by atoms with Crippen LogP contribution in [0.3, 0.4) is 0 Å². The molecule has 0 aliphatic rings. The molecule has 0 aliphatic heterocycles. The lowest BCUT2D eigenvalue weighted by Crippen LogP contribution is -2.33. The summed E-state index contributed by atoms with van der Waals surface area (Å²) in [5.74, 6) is -1.26. The highest BCUT2D eigenvalue weighted by Crippen LogP contribution is 2.27. The van der Waals surface area contributed by atoms with Crippen LogP contribution in [0.5, 0.6) is 0 Å². The van der Waals surface area contributed by atoms with Crippen molar-refractivity contribution in [1.82, 2.24) is 14.5 Å². The fourth-order valence-corrected chi connectivity index (χ4v) is 3.72. The Bertz CT molecular complexity index is 1230. The van der Waals surface area contributed by atoms with E-state index < -0.39 is 5.97 Å². The van der Waals surface area contributed by atoms with Gasteiger partial charge in [-0.2, -0.15) is 5.10 Å². The van der Waals surface area contributed by atoms with Crippen LogP contribution >= 0.6 is 11.6 Å². The van der Waals surface area contributed by atoms with Crippen LogP contribution in [-0.2, 0) is 6.54 Å². The zero-order valence-corrected chi connectivity index (χ0v) is 17.5. The summed E-state index contributed by atoms with van der Waals surface area (Å²) in [5, 5.41) is 14.3. The van der Waals surface area contributed by atoms with Gasteiger partial charge in [-0.05, 0) is 60.5 Å². The number of carboxylic acid groups (broad SMARTS) is 1. The molecule has 0 unspecified atom stereocenters. The number of halogens is 1. The average molecular weight is 434 g/mol. The molecule has 156 valence electrons. The van der Waals surface area contributed by atoms with E-state index >= 15 is 0 Å². The third-order valence-electron chi connectivity index (χ3n) is 5.18. The van der Waals surface area contributed by atoms with E-state index in [2.05, 4.69) is 5.10 Å². The van der Waals surface area contributed by atoms with Crippen LogP contribution in [0.2, 0.25) is 5.02 Å². The van der Waals surface area contributed by atoms with Crippen molar-refractivity contribution in [3.63, 3.8) is 0 Å². The lowest BCUT2D eigenvalue weighted by molar-refractivity contribution is 0.0667. The normalized spacial score (nSPS) is 11.9. The van der Waals surface area contributed by atoms with Gasteiger partial charge in [0.2, 0.25) is 0 Å². The van der Waals surface area contributed by atoms with Crippen LogP contribution in [0, 0.1) is 0 Å². The molecule has 0 radical (unpaired) electrons. The smallest absolute Gasteiger partial charge is 0.335 e. The summed E-state index contributed by atoms with van der Waals surface area (Å²) in [5.41, 5.74) is 2.89. The molecule has 0 fully saturated rings. The number of nitrogens with zero attached hydrogens (tertiary/aromatic N) is 3. The number of aromatic nitrogens is 2. The first kappa shape index (κ1) is 20.6. The zero-order valence-electron chi connectivity index (χ0n) is 16.8. The van der Waals surface area contributed by atoms with Crippen molar-refractivity contribution in [2.75, 3.05) is 0 Å². The monoisotopic (exact) mass is 433 g/mol. The maximum Gasteiger partial charge on any atom is 0.335 e. The molecule has 1 amide bonds. The summed E-state index contributed by atoms with van der Waals surface area (Å²) in [7, 11) is 0. The second kappa shape index (κ2) is 8.62. The van der Waals surface area contributed by atoms with Crippen molar-refractivity contribution in [2.45, 2.75) is 19.5 Å². The highest BCUT2D eigenvalue weighted by atomic mass is 35.5. The largest absolute Gasteiger partial charge is 0.478 e. The third-order valence-corrected chi connectivity index (χ3v) is 5.41. The van der Waals surface area contributed by atoms with E-state index in [1.165, 1.54) is 6.07 Å². The Morgan fingerprint density at radius 3 is 2.61 bits per heavy atom. The second-order valence-electron chi connectivity index (χ2n) is 7.27. The maximum atomic E-state index is 13.5. The lowest BCUT2D eigenvalue weighted by Gasteiger charge is -2.29. The predicted molar refractivity (Wildman–Crippen MR) is 118 cm³/mol. The number of fused-ring (bicyclic) bond motifs is 1. The molecule has 2 aromatic heterocycles. The van der Waals surface area contributed by atoms with Crippen LogP contribution in [0.15, 0.2) is 79.0 Å². The van der Waals surface area contributed by atoms with Gasteiger partial charge >= 0.3 is 5.97 Å². The van der Waals surface area contributed by atoms with E-state index in [4.69, 9.17) is 11.6 Å². The van der Waals surface area contributed by atoms with Crippen LogP contribution in [0.25, 0.3) is 5.52 Å². The van der Waals surface area contributed by atoms with Crippen molar-refractivity contribution in [2.24, 2.45) is 0 Å². The number of hydrogen-bond donors (Lipinski definition) is 1. The molecule has 0 bridgehead atoms. The standard InChI is InChI=1S/C24H20ClN3O3/c1-16(18-7-5-9-20(25)13-18)27(15-17-6-4-8-19(12-17)24(30)31)23(29)22-14-21-10-2-3-11-28(21)26-22/h2-14,16H,15H2,1H3,(H,30,31)/t16-/m1/s1. The quantitative estimate of drug-likeness (QED) is 0.459. The van der Waals surface area contributed by atoms with Gasteiger partial charge in [-0.1, -0.05) is 41.9 Å². The van der Waals surface area contributed by atoms with Gasteiger partial charge in [0.15, 0.2) is 5.69 Å². The van der Waals surface area contributed by atoms with E-state index in [1.54, 1.807) is 45.9 Å². The van der Waals surface area contributed by atoms with Crippen molar-refractivity contribution in [1.29, 1.82) is 0 Å². The van der Waals surface area contributed by atoms with E-state index in [-0.39, 0.29) is 24.1 Å². The first-order chi connectivity index (χ1) is 14.9. The molecule has 6 nitrogen and oxygen atoms in total. The van der Waals surface area contributed by atoms with Crippen LogP contribution in [-0.4, -0.2) is 31.5 Å². The number of carboxylic acids is 1. The third kappa shape index (κ3) is 4.44. The number of aromatic carboxylic acids is 1. The van der Waals surface area contributed by atoms with Gasteiger partial charge < -0.3 is 10.0 Å². The molecule has 0 saturated heterocycles. The fourth-order valence-electron chi connectivity index (χ4n) is 3.52. The van der Waals surface area contributed by atoms with Gasteiger partial charge in [-0.25, -0.2) is 9.31 Å². The summed E-state index contributed by atoms with van der Waals surface area (Å²) < 4.78 is 1.65. The first-order valence-corrected chi connectivity index (χ1v) is 10.1. The number of benzene rings is 2. The van der Waals surface area contributed by atoms with Gasteiger partial charge in [0.25, 0.3) is 5.91 Å². The highest BCUT2D eigenvalue weighted by molar-refractivity contribution is 6.30. The summed E-state index contributed by atoms with van der Waals surface area (Å²) >= 11 is 6.18. The fraction of sp³-hybridized carbons (Fsp3) is 0.125. The minimum absolute atomic E-state index is 0.174. The molecule has 0 spiro atoms. The molecule has 2 aromatic carbocycles. The number of rotatable bonds is 6. The van der Waals surface area contributed by atoms with Crippen LogP contribution < -0.4 is 0 Å². The maximum absolute atomic E-state index is 13.5. The summed E-state index contributed by atoms with van der Waals surface area (Å²) in [4.78, 5) is 26.6. The van der Waals surface area contributed by atoms with Crippen LogP contribution in [0.4, 0.5) is 0 Å². The van der Waals surface area contributed by atoms with Gasteiger partial charge in [-0.3, -0.25) is 4.79 Å². The topological polar surface area (TPSA) is 74.9 Å². The molecule has 1 atom stereocenters. The average Bonchev–Trinajstić information content (AvgIpc) is 3.21. The second-order valence-corrected chi connectivity index (χ2v) is 7.71. The first-order valence-electron chi connectivity index (χ1n) is 9.75. The Balaban J connectivity index is 1.73. The molecular weight excluding hydrogens is 414 g/mol. The van der Waals surface area contributed by atoms with Gasteiger partial charge in [0.05, 0.1) is 17.1 Å². The van der Waals surface area contributed by atoms with E-state index in [9.17, 15) is 14.7 Å². The SMILES string of the molecule is C[C@H](c1cccc(Cl)c1)N(Cc1cccc(C(=O)O)c1)C(=O)c1cc2ccccn2n1. The Kier molecular flexibility index (Phi) is 5.73. The van der Waals surface area contributed by atoms with Crippen molar-refractivity contribution < 1.29 is 14.7 Å². The molecule has 4 rings (SSSR count). The lowest BCUT2D eigenvalue weighted by atomic mass is 10.0. The summed E-state index contributed by atoms with van der Waals surface area (Å²) in [6.07, 6.45) is 1.78. The highest BCUT2D eigenvalue weighted by Gasteiger charge is 2.25. The molecule has 1 N–H and O–H groups in total. The molecule has 0 saturated carbocycles. The van der Waals surface area contributed by atoms with Crippen molar-refractivity contribution in [3.8, 4) is 0 Å². The minimum Gasteiger partial charge on any atom is -0.478 e. The van der Waals surface area contributed by atoms with Gasteiger partial charge in [0, 0.05) is 17.8 Å². The number of amides is 1. The molecule has 4 aromatic rings. The number of pyridine rings is 1. The van der Waals surface area contributed by atoms with Crippen molar-refractivity contribution >= 4 is 29.0 Å². The van der Waals surface area contributed by atoms with Crippen LogP contribution in [0.1, 0.15) is 44.9 Å². The Hall–Kier alpha value is -3.64. The summed E-state index contributed by atoms with van der Waals surface area (Å²) in [6, 6.07) is 21.0. The Morgan fingerprint density at radius 2 is 1.87 bits per heavy atom. The van der Waals surface area contributed by atoms with Gasteiger partial charge in [-0.15, -0.1) is 0 Å². The minimum atomic E-state index is -1.01.